The van der Waals surface area contributed by atoms with E-state index in [0.717, 1.165) is 23.7 Å². The van der Waals surface area contributed by atoms with E-state index in [9.17, 15) is 0 Å². The fourth-order valence-corrected chi connectivity index (χ4v) is 3.74. The van der Waals surface area contributed by atoms with Crippen LogP contribution in [0.1, 0.15) is 51.4 Å². The number of nitrogens with one attached hydrogen (secondary N) is 1. The lowest BCUT2D eigenvalue weighted by Crippen LogP contribution is -2.35. The van der Waals surface area contributed by atoms with Crippen LogP contribution < -0.4 is 11.1 Å². The van der Waals surface area contributed by atoms with Gasteiger partial charge in [0.25, 0.3) is 0 Å². The van der Waals surface area contributed by atoms with Gasteiger partial charge in [-0.3, -0.25) is 0 Å². The zero-order chi connectivity index (χ0) is 11.7. The van der Waals surface area contributed by atoms with Crippen molar-refractivity contribution in [3.8, 4) is 0 Å². The first-order valence-electron chi connectivity index (χ1n) is 7.79. The van der Waals surface area contributed by atoms with Crippen molar-refractivity contribution < 1.29 is 0 Å². The third kappa shape index (κ3) is 3.45. The van der Waals surface area contributed by atoms with Crippen molar-refractivity contribution in [3.05, 3.63) is 0 Å². The molecule has 0 aromatic heterocycles. The van der Waals surface area contributed by atoms with E-state index < -0.39 is 0 Å². The van der Waals surface area contributed by atoms with Gasteiger partial charge in [0, 0.05) is 6.04 Å². The van der Waals surface area contributed by atoms with E-state index >= 15 is 0 Å². The Morgan fingerprint density at radius 3 is 2.29 bits per heavy atom. The van der Waals surface area contributed by atoms with E-state index in [1.807, 2.05) is 0 Å². The lowest BCUT2D eigenvalue weighted by molar-refractivity contribution is 0.294. The monoisotopic (exact) mass is 236 g/mol. The molecule has 0 aromatic carbocycles. The average molecular weight is 236 g/mol. The second-order valence-corrected chi connectivity index (χ2v) is 6.79. The quantitative estimate of drug-likeness (QED) is 0.744. The predicted molar refractivity (Wildman–Crippen MR) is 71.7 cm³/mol. The molecule has 0 amide bonds. The topological polar surface area (TPSA) is 38.0 Å². The Hall–Kier alpha value is -0.0800. The van der Waals surface area contributed by atoms with Crippen molar-refractivity contribution in [2.45, 2.75) is 57.4 Å². The van der Waals surface area contributed by atoms with Crippen LogP contribution in [0.2, 0.25) is 0 Å². The largest absolute Gasteiger partial charge is 0.328 e. The van der Waals surface area contributed by atoms with Gasteiger partial charge in [0.15, 0.2) is 0 Å². The molecule has 3 saturated carbocycles. The van der Waals surface area contributed by atoms with Crippen LogP contribution in [-0.2, 0) is 0 Å². The molecule has 2 unspecified atom stereocenters. The fraction of sp³-hybridized carbons (Fsp3) is 1.00. The maximum atomic E-state index is 6.05. The maximum Gasteiger partial charge on any atom is 0.00419 e. The summed E-state index contributed by atoms with van der Waals surface area (Å²) in [7, 11) is 0. The van der Waals surface area contributed by atoms with Gasteiger partial charge in [-0.15, -0.1) is 0 Å². The van der Waals surface area contributed by atoms with Gasteiger partial charge in [0.1, 0.15) is 0 Å². The zero-order valence-corrected chi connectivity index (χ0v) is 11.0. The molecule has 3 N–H and O–H groups in total. The van der Waals surface area contributed by atoms with Crippen molar-refractivity contribution in [2.75, 3.05) is 13.1 Å². The molecular formula is C15H28N2. The summed E-state index contributed by atoms with van der Waals surface area (Å²) in [5, 5.41) is 3.76. The molecule has 3 rings (SSSR count). The summed E-state index contributed by atoms with van der Waals surface area (Å²) in [5.74, 6) is 4.05. The molecule has 0 aliphatic heterocycles. The van der Waals surface area contributed by atoms with Crippen LogP contribution in [0.5, 0.6) is 0 Å². The third-order valence-electron chi connectivity index (χ3n) is 5.09. The second-order valence-electron chi connectivity index (χ2n) is 6.79. The summed E-state index contributed by atoms with van der Waals surface area (Å²) >= 11 is 0. The van der Waals surface area contributed by atoms with Crippen LogP contribution in [0.15, 0.2) is 0 Å². The molecular weight excluding hydrogens is 208 g/mol. The van der Waals surface area contributed by atoms with E-state index in [2.05, 4.69) is 5.32 Å². The van der Waals surface area contributed by atoms with Gasteiger partial charge in [-0.1, -0.05) is 6.42 Å². The fourth-order valence-electron chi connectivity index (χ4n) is 3.74. The molecule has 0 spiro atoms. The Morgan fingerprint density at radius 2 is 1.71 bits per heavy atom. The van der Waals surface area contributed by atoms with E-state index in [0.29, 0.717) is 6.04 Å². The van der Waals surface area contributed by atoms with Gasteiger partial charge < -0.3 is 11.1 Å². The van der Waals surface area contributed by atoms with Gasteiger partial charge in [-0.25, -0.2) is 0 Å². The molecule has 17 heavy (non-hydrogen) atoms. The van der Waals surface area contributed by atoms with Crippen LogP contribution in [0.3, 0.4) is 0 Å². The molecule has 3 aliphatic rings. The summed E-state index contributed by atoms with van der Waals surface area (Å²) in [6, 6.07) is 0.484. The van der Waals surface area contributed by atoms with Crippen molar-refractivity contribution in [2.24, 2.45) is 29.4 Å². The standard InChI is InChI=1S/C15H28N2/c16-14-3-1-2-11(8-14)9-17-10-15(12-4-5-12)13-6-7-13/h11-15,17H,1-10,16H2. The zero-order valence-electron chi connectivity index (χ0n) is 11.0. The smallest absolute Gasteiger partial charge is 0.00419 e. The summed E-state index contributed by atoms with van der Waals surface area (Å²) in [5.41, 5.74) is 6.05. The van der Waals surface area contributed by atoms with Gasteiger partial charge in [-0.05, 0) is 81.7 Å². The Morgan fingerprint density at radius 1 is 1.00 bits per heavy atom. The van der Waals surface area contributed by atoms with Gasteiger partial charge >= 0.3 is 0 Å². The molecule has 3 aliphatic carbocycles. The van der Waals surface area contributed by atoms with Crippen LogP contribution in [-0.4, -0.2) is 19.1 Å². The van der Waals surface area contributed by atoms with Crippen LogP contribution in [0.25, 0.3) is 0 Å². The molecule has 0 radical (unpaired) electrons. The number of hydrogen-bond donors (Lipinski definition) is 2. The first-order valence-corrected chi connectivity index (χ1v) is 7.79. The third-order valence-corrected chi connectivity index (χ3v) is 5.09. The summed E-state index contributed by atoms with van der Waals surface area (Å²) in [6.45, 7) is 2.52. The summed E-state index contributed by atoms with van der Waals surface area (Å²) in [4.78, 5) is 0. The van der Waals surface area contributed by atoms with E-state index in [1.54, 1.807) is 0 Å². The van der Waals surface area contributed by atoms with Crippen LogP contribution in [0, 0.1) is 23.7 Å². The minimum absolute atomic E-state index is 0.484. The molecule has 3 fully saturated rings. The highest BCUT2D eigenvalue weighted by molar-refractivity contribution is 4.92. The molecule has 2 heteroatoms. The first-order chi connectivity index (χ1) is 8.33. The summed E-state index contributed by atoms with van der Waals surface area (Å²) < 4.78 is 0. The van der Waals surface area contributed by atoms with Crippen LogP contribution in [0.4, 0.5) is 0 Å². The normalized spacial score (nSPS) is 34.2. The Kier molecular flexibility index (Phi) is 3.72. The van der Waals surface area contributed by atoms with Crippen molar-refractivity contribution in [1.82, 2.24) is 5.32 Å². The Balaban J connectivity index is 1.35. The van der Waals surface area contributed by atoms with Gasteiger partial charge in [0.05, 0.1) is 0 Å². The molecule has 98 valence electrons. The Labute approximate surface area is 106 Å². The second kappa shape index (κ2) is 5.27. The Bertz CT molecular complexity index is 233. The SMILES string of the molecule is NC1CCCC(CNCC(C2CC2)C2CC2)C1. The highest BCUT2D eigenvalue weighted by atomic mass is 14.9. The first kappa shape index (κ1) is 12.0. The number of hydrogen-bond acceptors (Lipinski definition) is 2. The van der Waals surface area contributed by atoms with Crippen LogP contribution >= 0.6 is 0 Å². The minimum atomic E-state index is 0.484. The van der Waals surface area contributed by atoms with Crippen molar-refractivity contribution in [1.29, 1.82) is 0 Å². The lowest BCUT2D eigenvalue weighted by atomic mass is 9.86. The van der Waals surface area contributed by atoms with Crippen molar-refractivity contribution in [3.63, 3.8) is 0 Å². The van der Waals surface area contributed by atoms with Gasteiger partial charge in [-0.2, -0.15) is 0 Å². The van der Waals surface area contributed by atoms with E-state index in [1.165, 1.54) is 64.5 Å². The minimum Gasteiger partial charge on any atom is -0.328 e. The lowest BCUT2D eigenvalue weighted by Gasteiger charge is -2.27. The molecule has 0 aromatic rings. The average Bonchev–Trinajstić information content (AvgIpc) is 3.15. The van der Waals surface area contributed by atoms with Crippen molar-refractivity contribution >= 4 is 0 Å². The molecule has 0 heterocycles. The predicted octanol–water partition coefficient (Wildman–Crippen LogP) is 2.53. The molecule has 2 atom stereocenters. The van der Waals surface area contributed by atoms with E-state index in [-0.39, 0.29) is 0 Å². The number of rotatable bonds is 6. The molecule has 0 bridgehead atoms. The molecule has 0 saturated heterocycles. The van der Waals surface area contributed by atoms with E-state index in [4.69, 9.17) is 5.73 Å². The maximum absolute atomic E-state index is 6.05. The summed E-state index contributed by atoms with van der Waals surface area (Å²) in [6.07, 6.45) is 11.3. The number of nitrogens with two attached hydrogens (primary N) is 1. The van der Waals surface area contributed by atoms with Gasteiger partial charge in [0.2, 0.25) is 0 Å². The highest BCUT2D eigenvalue weighted by Crippen LogP contribution is 2.48. The highest BCUT2D eigenvalue weighted by Gasteiger charge is 2.40. The molecule has 2 nitrogen and oxygen atoms in total.